The summed E-state index contributed by atoms with van der Waals surface area (Å²) < 4.78 is 17.2. The molecule has 0 aromatic heterocycles. The van der Waals surface area contributed by atoms with Crippen LogP contribution < -0.4 is 19.1 Å². The molecule has 29 heavy (non-hydrogen) atoms. The topological polar surface area (TPSA) is 48.0 Å². The first-order valence-corrected chi connectivity index (χ1v) is 10.2. The van der Waals surface area contributed by atoms with Gasteiger partial charge in [0.1, 0.15) is 11.1 Å². The summed E-state index contributed by atoms with van der Waals surface area (Å²) in [6, 6.07) is 22.8. The van der Waals surface area contributed by atoms with Crippen LogP contribution in [0.5, 0.6) is 23.0 Å². The zero-order valence-corrected chi connectivity index (χ0v) is 17.0. The van der Waals surface area contributed by atoms with Crippen LogP contribution in [0.15, 0.2) is 72.8 Å². The SMILES string of the molecule is COc1cccc([C@@H]2SCC(=O)N2c2ccccc2Oc2ccccc2)c1OC. The molecule has 1 atom stereocenters. The van der Waals surface area contributed by atoms with Gasteiger partial charge in [0.05, 0.1) is 25.7 Å². The lowest BCUT2D eigenvalue weighted by molar-refractivity contribution is -0.115. The summed E-state index contributed by atoms with van der Waals surface area (Å²) in [4.78, 5) is 14.7. The summed E-state index contributed by atoms with van der Waals surface area (Å²) in [5, 5.41) is -0.243. The fourth-order valence-corrected chi connectivity index (χ4v) is 4.56. The van der Waals surface area contributed by atoms with Gasteiger partial charge in [-0.05, 0) is 30.3 Å². The van der Waals surface area contributed by atoms with E-state index in [4.69, 9.17) is 14.2 Å². The Bertz CT molecular complexity index is 1010. The molecular weight excluding hydrogens is 386 g/mol. The van der Waals surface area contributed by atoms with E-state index in [1.54, 1.807) is 30.9 Å². The van der Waals surface area contributed by atoms with Gasteiger partial charge in [0.25, 0.3) is 0 Å². The van der Waals surface area contributed by atoms with E-state index in [1.165, 1.54) is 0 Å². The van der Waals surface area contributed by atoms with Crippen molar-refractivity contribution in [1.82, 2.24) is 0 Å². The number of para-hydroxylation sites is 4. The molecule has 4 rings (SSSR count). The average Bonchev–Trinajstić information content (AvgIpc) is 3.15. The lowest BCUT2D eigenvalue weighted by Gasteiger charge is -2.27. The smallest absolute Gasteiger partial charge is 0.238 e. The van der Waals surface area contributed by atoms with E-state index in [0.29, 0.717) is 23.0 Å². The number of hydrogen-bond donors (Lipinski definition) is 0. The van der Waals surface area contributed by atoms with Crippen molar-refractivity contribution in [3.8, 4) is 23.0 Å². The Hall–Kier alpha value is -3.12. The Labute approximate surface area is 174 Å². The maximum absolute atomic E-state index is 12.9. The third kappa shape index (κ3) is 3.76. The van der Waals surface area contributed by atoms with Crippen LogP contribution in [-0.2, 0) is 4.79 Å². The summed E-state index contributed by atoms with van der Waals surface area (Å²) in [7, 11) is 3.22. The molecule has 0 bridgehead atoms. The highest BCUT2D eigenvalue weighted by Crippen LogP contribution is 2.49. The number of carbonyl (C=O) groups is 1. The van der Waals surface area contributed by atoms with E-state index in [0.717, 1.165) is 17.0 Å². The van der Waals surface area contributed by atoms with Gasteiger partial charge in [0.15, 0.2) is 17.2 Å². The van der Waals surface area contributed by atoms with Gasteiger partial charge in [0.2, 0.25) is 5.91 Å². The second kappa shape index (κ2) is 8.49. The molecule has 5 nitrogen and oxygen atoms in total. The largest absolute Gasteiger partial charge is 0.493 e. The van der Waals surface area contributed by atoms with E-state index in [1.807, 2.05) is 72.8 Å². The molecule has 1 heterocycles. The van der Waals surface area contributed by atoms with Gasteiger partial charge in [-0.3, -0.25) is 9.69 Å². The second-order valence-electron chi connectivity index (χ2n) is 6.39. The molecule has 0 N–H and O–H groups in total. The number of methoxy groups -OCH3 is 2. The molecule has 0 saturated carbocycles. The standard InChI is InChI=1S/C23H21NO4S/c1-26-20-14-8-11-17(22(20)27-2)23-24(21(25)15-29-23)18-12-6-7-13-19(18)28-16-9-4-3-5-10-16/h3-14,23H,15H2,1-2H3/t23-/m0/s1. The molecule has 3 aromatic rings. The zero-order valence-electron chi connectivity index (χ0n) is 16.2. The monoisotopic (exact) mass is 407 g/mol. The van der Waals surface area contributed by atoms with E-state index < -0.39 is 0 Å². The highest BCUT2D eigenvalue weighted by atomic mass is 32.2. The van der Waals surface area contributed by atoms with E-state index in [-0.39, 0.29) is 11.3 Å². The fourth-order valence-electron chi connectivity index (χ4n) is 3.38. The third-order valence-electron chi connectivity index (χ3n) is 4.66. The van der Waals surface area contributed by atoms with Crippen molar-refractivity contribution in [2.24, 2.45) is 0 Å². The Morgan fingerprint density at radius 2 is 1.59 bits per heavy atom. The minimum absolute atomic E-state index is 0.0222. The number of thioether (sulfide) groups is 1. The predicted molar refractivity (Wildman–Crippen MR) is 115 cm³/mol. The quantitative estimate of drug-likeness (QED) is 0.557. The summed E-state index contributed by atoms with van der Waals surface area (Å²) in [5.74, 6) is 3.02. The van der Waals surface area contributed by atoms with Crippen molar-refractivity contribution in [1.29, 1.82) is 0 Å². The highest BCUT2D eigenvalue weighted by Gasteiger charge is 2.37. The van der Waals surface area contributed by atoms with Crippen LogP contribution in [0.2, 0.25) is 0 Å². The molecule has 0 unspecified atom stereocenters. The number of hydrogen-bond acceptors (Lipinski definition) is 5. The molecule has 148 valence electrons. The number of anilines is 1. The number of rotatable bonds is 6. The lowest BCUT2D eigenvalue weighted by atomic mass is 10.1. The molecule has 0 spiro atoms. The Kier molecular flexibility index (Phi) is 5.62. The van der Waals surface area contributed by atoms with E-state index >= 15 is 0 Å². The van der Waals surface area contributed by atoms with Crippen molar-refractivity contribution >= 4 is 23.4 Å². The van der Waals surface area contributed by atoms with E-state index in [9.17, 15) is 4.79 Å². The maximum atomic E-state index is 12.9. The van der Waals surface area contributed by atoms with Crippen molar-refractivity contribution in [3.05, 3.63) is 78.4 Å². The first kappa shape index (κ1) is 19.2. The number of benzene rings is 3. The van der Waals surface area contributed by atoms with Gasteiger partial charge in [0, 0.05) is 5.56 Å². The summed E-state index contributed by atoms with van der Waals surface area (Å²) in [6.07, 6.45) is 0. The normalized spacial score (nSPS) is 16.0. The second-order valence-corrected chi connectivity index (χ2v) is 7.46. The molecule has 1 saturated heterocycles. The Morgan fingerprint density at radius 3 is 2.34 bits per heavy atom. The van der Waals surface area contributed by atoms with Crippen LogP contribution in [0.3, 0.4) is 0 Å². The zero-order chi connectivity index (χ0) is 20.2. The van der Waals surface area contributed by atoms with Gasteiger partial charge in [-0.25, -0.2) is 0 Å². The molecule has 1 aliphatic heterocycles. The van der Waals surface area contributed by atoms with Crippen LogP contribution in [0.25, 0.3) is 0 Å². The Morgan fingerprint density at radius 1 is 0.862 bits per heavy atom. The summed E-state index contributed by atoms with van der Waals surface area (Å²) >= 11 is 1.56. The minimum Gasteiger partial charge on any atom is -0.493 e. The number of amides is 1. The van der Waals surface area contributed by atoms with Crippen molar-refractivity contribution in [2.45, 2.75) is 5.37 Å². The van der Waals surface area contributed by atoms with Crippen LogP contribution >= 0.6 is 11.8 Å². The highest BCUT2D eigenvalue weighted by molar-refractivity contribution is 8.00. The van der Waals surface area contributed by atoms with Crippen LogP contribution in [-0.4, -0.2) is 25.9 Å². The van der Waals surface area contributed by atoms with Gasteiger partial charge in [-0.1, -0.05) is 42.5 Å². The van der Waals surface area contributed by atoms with Crippen LogP contribution in [0.1, 0.15) is 10.9 Å². The number of ether oxygens (including phenoxy) is 3. The molecule has 1 fully saturated rings. The maximum Gasteiger partial charge on any atom is 0.238 e. The predicted octanol–water partition coefficient (Wildman–Crippen LogP) is 5.27. The molecule has 6 heteroatoms. The molecule has 1 aliphatic rings. The number of nitrogens with zero attached hydrogens (tertiary/aromatic N) is 1. The summed E-state index contributed by atoms with van der Waals surface area (Å²) in [6.45, 7) is 0. The van der Waals surface area contributed by atoms with Crippen molar-refractivity contribution in [3.63, 3.8) is 0 Å². The van der Waals surface area contributed by atoms with Crippen LogP contribution in [0.4, 0.5) is 5.69 Å². The first-order valence-electron chi connectivity index (χ1n) is 9.19. The van der Waals surface area contributed by atoms with Crippen molar-refractivity contribution in [2.75, 3.05) is 24.9 Å². The van der Waals surface area contributed by atoms with Crippen LogP contribution in [0, 0.1) is 0 Å². The third-order valence-corrected chi connectivity index (χ3v) is 5.86. The van der Waals surface area contributed by atoms with Gasteiger partial charge in [-0.15, -0.1) is 11.8 Å². The fraction of sp³-hybridized carbons (Fsp3) is 0.174. The summed E-state index contributed by atoms with van der Waals surface area (Å²) in [5.41, 5.74) is 1.61. The Balaban J connectivity index is 1.76. The lowest BCUT2D eigenvalue weighted by Crippen LogP contribution is -2.28. The molecular formula is C23H21NO4S. The number of carbonyl (C=O) groups excluding carboxylic acids is 1. The molecule has 0 aliphatic carbocycles. The average molecular weight is 407 g/mol. The first-order chi connectivity index (χ1) is 14.2. The van der Waals surface area contributed by atoms with Gasteiger partial charge >= 0.3 is 0 Å². The van der Waals surface area contributed by atoms with E-state index in [2.05, 4.69) is 0 Å². The minimum atomic E-state index is -0.243. The van der Waals surface area contributed by atoms with Gasteiger partial charge in [-0.2, -0.15) is 0 Å². The molecule has 0 radical (unpaired) electrons. The van der Waals surface area contributed by atoms with Gasteiger partial charge < -0.3 is 14.2 Å². The molecule has 1 amide bonds. The van der Waals surface area contributed by atoms with Crippen molar-refractivity contribution < 1.29 is 19.0 Å². The molecule has 3 aromatic carbocycles.